The Morgan fingerprint density at radius 1 is 1.00 bits per heavy atom. The summed E-state index contributed by atoms with van der Waals surface area (Å²) in [5.41, 5.74) is 5.86. The summed E-state index contributed by atoms with van der Waals surface area (Å²) in [5, 5.41) is 14.0. The quantitative estimate of drug-likeness (QED) is 0.238. The van der Waals surface area contributed by atoms with Crippen LogP contribution in [-0.4, -0.2) is 35.1 Å². The van der Waals surface area contributed by atoms with Crippen LogP contribution >= 0.6 is 11.6 Å². The average molecular weight is 530 g/mol. The summed E-state index contributed by atoms with van der Waals surface area (Å²) in [7, 11) is 0. The Labute approximate surface area is 227 Å². The van der Waals surface area contributed by atoms with E-state index in [0.717, 1.165) is 64.8 Å². The zero-order valence-corrected chi connectivity index (χ0v) is 22.0. The molecule has 1 aliphatic rings. The molecule has 1 saturated heterocycles. The number of aryl methyl sites for hydroxylation is 1. The molecular formula is C31H32ClN3O3. The third-order valence-corrected chi connectivity index (χ3v) is 7.48. The minimum Gasteiger partial charge on any atom is -0.481 e. The van der Waals surface area contributed by atoms with E-state index >= 15 is 0 Å². The van der Waals surface area contributed by atoms with Crippen LogP contribution in [0.5, 0.6) is 0 Å². The number of rotatable bonds is 9. The highest BCUT2D eigenvalue weighted by atomic mass is 35.5. The van der Waals surface area contributed by atoms with Gasteiger partial charge in [-0.15, -0.1) is 0 Å². The number of hydrogen-bond donors (Lipinski definition) is 3. The van der Waals surface area contributed by atoms with Crippen molar-refractivity contribution >= 4 is 40.1 Å². The average Bonchev–Trinajstić information content (AvgIpc) is 3.33. The summed E-state index contributed by atoms with van der Waals surface area (Å²) in [6.45, 7) is 1.98. The lowest BCUT2D eigenvalue weighted by Gasteiger charge is -2.33. The molecule has 7 heteroatoms. The van der Waals surface area contributed by atoms with Gasteiger partial charge in [-0.05, 0) is 72.7 Å². The number of nitrogens with one attached hydrogen (secondary N) is 2. The van der Waals surface area contributed by atoms with Crippen molar-refractivity contribution in [1.29, 1.82) is 0 Å². The van der Waals surface area contributed by atoms with E-state index in [1.807, 2.05) is 66.9 Å². The second-order valence-electron chi connectivity index (χ2n) is 9.93. The van der Waals surface area contributed by atoms with E-state index in [9.17, 15) is 9.59 Å². The highest BCUT2D eigenvalue weighted by molar-refractivity contribution is 6.30. The first-order valence-corrected chi connectivity index (χ1v) is 13.5. The number of carboxylic acid groups (broad SMARTS) is 1. The number of aromatic nitrogens is 1. The molecule has 0 bridgehead atoms. The first kappa shape index (κ1) is 25.9. The molecule has 3 N–H and O–H groups in total. The molecule has 6 nitrogen and oxygen atoms in total. The minimum absolute atomic E-state index is 0.0649. The van der Waals surface area contributed by atoms with Gasteiger partial charge in [0.1, 0.15) is 0 Å². The maximum absolute atomic E-state index is 13.5. The van der Waals surface area contributed by atoms with Gasteiger partial charge in [-0.1, -0.05) is 48.0 Å². The van der Waals surface area contributed by atoms with Crippen molar-refractivity contribution in [3.63, 3.8) is 0 Å². The number of benzene rings is 3. The maximum atomic E-state index is 13.5. The third kappa shape index (κ3) is 6.03. The third-order valence-electron chi connectivity index (χ3n) is 7.24. The van der Waals surface area contributed by atoms with E-state index in [-0.39, 0.29) is 24.8 Å². The fraction of sp³-hybridized carbons (Fsp3) is 0.290. The van der Waals surface area contributed by atoms with Crippen molar-refractivity contribution in [3.05, 3.63) is 100 Å². The molecule has 2 heterocycles. The Morgan fingerprint density at radius 2 is 1.79 bits per heavy atom. The number of amides is 1. The number of anilines is 1. The van der Waals surface area contributed by atoms with E-state index in [2.05, 4.69) is 21.3 Å². The lowest BCUT2D eigenvalue weighted by molar-refractivity contribution is -0.137. The number of piperidine rings is 1. The largest absolute Gasteiger partial charge is 0.481 e. The Hall–Kier alpha value is -3.77. The minimum atomic E-state index is -0.827. The molecule has 196 valence electrons. The van der Waals surface area contributed by atoms with E-state index in [1.165, 1.54) is 6.42 Å². The zero-order chi connectivity index (χ0) is 26.5. The molecule has 1 aliphatic heterocycles. The topological polar surface area (TPSA) is 85.4 Å². The number of carboxylic acids is 1. The van der Waals surface area contributed by atoms with E-state index in [0.29, 0.717) is 11.4 Å². The highest BCUT2D eigenvalue weighted by Crippen LogP contribution is 2.35. The van der Waals surface area contributed by atoms with Crippen LogP contribution < -0.4 is 10.2 Å². The van der Waals surface area contributed by atoms with Crippen LogP contribution in [0.3, 0.4) is 0 Å². The van der Waals surface area contributed by atoms with E-state index < -0.39 is 5.97 Å². The second kappa shape index (κ2) is 11.7. The first-order chi connectivity index (χ1) is 18.5. The van der Waals surface area contributed by atoms with Crippen LogP contribution in [0.2, 0.25) is 5.02 Å². The number of halogens is 1. The molecule has 3 aromatic carbocycles. The predicted octanol–water partition coefficient (Wildman–Crippen LogP) is 6.28. The summed E-state index contributed by atoms with van der Waals surface area (Å²) in [6, 6.07) is 21.5. The molecule has 0 radical (unpaired) electrons. The van der Waals surface area contributed by atoms with E-state index in [4.69, 9.17) is 16.7 Å². The zero-order valence-electron chi connectivity index (χ0n) is 21.3. The van der Waals surface area contributed by atoms with Gasteiger partial charge >= 0.3 is 5.97 Å². The second-order valence-corrected chi connectivity index (χ2v) is 10.4. The van der Waals surface area contributed by atoms with Crippen molar-refractivity contribution in [2.75, 3.05) is 18.0 Å². The van der Waals surface area contributed by atoms with Crippen LogP contribution in [0.25, 0.3) is 10.9 Å². The molecule has 0 aliphatic carbocycles. The molecule has 1 fully saturated rings. The van der Waals surface area contributed by atoms with Crippen LogP contribution in [0.4, 0.5) is 5.69 Å². The Morgan fingerprint density at radius 3 is 2.55 bits per heavy atom. The Kier molecular flexibility index (Phi) is 7.99. The summed E-state index contributed by atoms with van der Waals surface area (Å²) >= 11 is 6.49. The number of fused-ring (bicyclic) bond motifs is 1. The van der Waals surface area contributed by atoms with Gasteiger partial charge in [-0.2, -0.15) is 0 Å². The summed E-state index contributed by atoms with van der Waals surface area (Å²) < 4.78 is 0. The predicted molar refractivity (Wildman–Crippen MR) is 152 cm³/mol. The summed E-state index contributed by atoms with van der Waals surface area (Å²) in [6.07, 6.45) is 6.11. The fourth-order valence-electron chi connectivity index (χ4n) is 5.35. The van der Waals surface area contributed by atoms with Gasteiger partial charge in [0.15, 0.2) is 0 Å². The molecular weight excluding hydrogens is 498 g/mol. The van der Waals surface area contributed by atoms with Crippen molar-refractivity contribution in [1.82, 2.24) is 10.3 Å². The molecule has 1 unspecified atom stereocenters. The SMILES string of the molecule is O=C(O)CCc1c[nH]c2ccc(CC(=O)NC(c3ccccc3)c3cc(Cl)ccc3N3CCCCC3)cc12. The molecule has 1 aromatic heterocycles. The lowest BCUT2D eigenvalue weighted by atomic mass is 9.95. The Bertz CT molecular complexity index is 1430. The molecule has 4 aromatic rings. The molecule has 0 spiro atoms. The first-order valence-electron chi connectivity index (χ1n) is 13.2. The van der Waals surface area contributed by atoms with Crippen molar-refractivity contribution in [3.8, 4) is 0 Å². The monoisotopic (exact) mass is 529 g/mol. The summed E-state index contributed by atoms with van der Waals surface area (Å²) in [4.78, 5) is 30.1. The molecule has 1 atom stereocenters. The number of H-pyrrole nitrogens is 1. The van der Waals surface area contributed by atoms with Crippen LogP contribution in [0.1, 0.15) is 54.0 Å². The number of nitrogens with zero attached hydrogens (tertiary/aromatic N) is 1. The van der Waals surface area contributed by atoms with Gasteiger partial charge < -0.3 is 20.3 Å². The number of carbonyl (C=O) groups is 2. The molecule has 5 rings (SSSR count). The normalized spacial score (nSPS) is 14.4. The highest BCUT2D eigenvalue weighted by Gasteiger charge is 2.24. The van der Waals surface area contributed by atoms with Crippen LogP contribution in [0, 0.1) is 0 Å². The van der Waals surface area contributed by atoms with E-state index in [1.54, 1.807) is 0 Å². The molecule has 38 heavy (non-hydrogen) atoms. The maximum Gasteiger partial charge on any atom is 0.303 e. The number of hydrogen-bond acceptors (Lipinski definition) is 3. The number of aromatic amines is 1. The fourth-order valence-corrected chi connectivity index (χ4v) is 5.53. The van der Waals surface area contributed by atoms with Crippen molar-refractivity contribution in [2.24, 2.45) is 0 Å². The number of carbonyl (C=O) groups excluding carboxylic acids is 1. The lowest BCUT2D eigenvalue weighted by Crippen LogP contribution is -2.34. The standard InChI is InChI=1S/C31H32ClN3O3/c32-24-11-13-28(35-15-5-2-6-16-35)26(19-24)31(22-7-3-1-4-8-22)34-29(36)18-21-9-12-27-25(17-21)23(20-33-27)10-14-30(37)38/h1,3-4,7-9,11-13,17,19-20,31,33H,2,5-6,10,14-16,18H2,(H,34,36)(H,37,38). The van der Waals surface area contributed by atoms with Gasteiger partial charge in [0.2, 0.25) is 5.91 Å². The molecule has 1 amide bonds. The van der Waals surface area contributed by atoms with Crippen molar-refractivity contribution in [2.45, 2.75) is 44.6 Å². The Balaban J connectivity index is 1.42. The molecule has 0 saturated carbocycles. The van der Waals surface area contributed by atoms with Gasteiger partial charge in [-0.25, -0.2) is 0 Å². The van der Waals surface area contributed by atoms with Crippen LogP contribution in [0.15, 0.2) is 72.9 Å². The summed E-state index contributed by atoms with van der Waals surface area (Å²) in [5.74, 6) is -0.919. The smallest absolute Gasteiger partial charge is 0.303 e. The van der Waals surface area contributed by atoms with Gasteiger partial charge in [-0.3, -0.25) is 9.59 Å². The van der Waals surface area contributed by atoms with Crippen LogP contribution in [-0.2, 0) is 22.4 Å². The van der Waals surface area contributed by atoms with Gasteiger partial charge in [0, 0.05) is 52.9 Å². The van der Waals surface area contributed by atoms with Crippen molar-refractivity contribution < 1.29 is 14.7 Å². The number of aliphatic carboxylic acids is 1. The van der Waals surface area contributed by atoms with Gasteiger partial charge in [0.25, 0.3) is 0 Å². The van der Waals surface area contributed by atoms with Gasteiger partial charge in [0.05, 0.1) is 12.5 Å².